The maximum absolute atomic E-state index is 10.8. The smallest absolute Gasteiger partial charge is 0.372 e. The average Bonchev–Trinajstić information content (AvgIpc) is 2.85. The van der Waals surface area contributed by atoms with Gasteiger partial charge in [0, 0.05) is 11.6 Å². The second-order valence-electron chi connectivity index (χ2n) is 4.48. The molecule has 1 atom stereocenters. The Labute approximate surface area is 99.6 Å². The van der Waals surface area contributed by atoms with Crippen molar-refractivity contribution in [2.75, 3.05) is 13.2 Å². The zero-order chi connectivity index (χ0) is 12.4. The molecule has 1 unspecified atom stereocenters. The van der Waals surface area contributed by atoms with Crippen molar-refractivity contribution < 1.29 is 19.4 Å². The third-order valence-corrected chi connectivity index (χ3v) is 3.23. The van der Waals surface area contributed by atoms with Crippen molar-refractivity contribution in [2.24, 2.45) is 0 Å². The highest BCUT2D eigenvalue weighted by atomic mass is 16.4. The second kappa shape index (κ2) is 4.89. The van der Waals surface area contributed by atoms with Crippen LogP contribution >= 0.6 is 0 Å². The number of aromatic carboxylic acids is 1. The Bertz CT molecular complexity index is 413. The van der Waals surface area contributed by atoms with Gasteiger partial charge < -0.3 is 14.6 Å². The lowest BCUT2D eigenvalue weighted by Crippen LogP contribution is -2.31. The Kier molecular flexibility index (Phi) is 3.49. The fourth-order valence-electron chi connectivity index (χ4n) is 2.35. The quantitative estimate of drug-likeness (QED) is 0.827. The van der Waals surface area contributed by atoms with Gasteiger partial charge in [0.1, 0.15) is 5.76 Å². The largest absolute Gasteiger partial charge is 0.475 e. The molecule has 5 heteroatoms. The first-order chi connectivity index (χ1) is 8.11. The number of carbonyl (C=O) groups is 1. The molecule has 0 spiro atoms. The monoisotopic (exact) mass is 239 g/mol. The van der Waals surface area contributed by atoms with E-state index in [-0.39, 0.29) is 18.4 Å². The van der Waals surface area contributed by atoms with Crippen LogP contribution in [0.4, 0.5) is 0 Å². The highest BCUT2D eigenvalue weighted by molar-refractivity contribution is 5.86. The lowest BCUT2D eigenvalue weighted by atomic mass is 10.2. The molecule has 1 saturated heterocycles. The van der Waals surface area contributed by atoms with Crippen LogP contribution in [0.5, 0.6) is 0 Å². The van der Waals surface area contributed by atoms with Gasteiger partial charge in [-0.25, -0.2) is 4.79 Å². The molecule has 0 amide bonds. The highest BCUT2D eigenvalue weighted by Crippen LogP contribution is 2.22. The Balaban J connectivity index is 2.08. The fraction of sp³-hybridized carbons (Fsp3) is 0.583. The van der Waals surface area contributed by atoms with E-state index in [1.165, 1.54) is 0 Å². The number of aryl methyl sites for hydroxylation is 1. The summed E-state index contributed by atoms with van der Waals surface area (Å²) in [7, 11) is 0. The van der Waals surface area contributed by atoms with E-state index in [1.54, 1.807) is 13.0 Å². The van der Waals surface area contributed by atoms with Crippen molar-refractivity contribution in [3.63, 3.8) is 0 Å². The number of furan rings is 1. The van der Waals surface area contributed by atoms with E-state index in [0.717, 1.165) is 19.4 Å². The summed E-state index contributed by atoms with van der Waals surface area (Å²) in [5.41, 5.74) is 0.646. The predicted molar refractivity (Wildman–Crippen MR) is 60.9 cm³/mol. The summed E-state index contributed by atoms with van der Waals surface area (Å²) in [4.78, 5) is 13.0. The van der Waals surface area contributed by atoms with Crippen LogP contribution in [-0.2, 0) is 6.54 Å². The number of hydrogen-bond acceptors (Lipinski definition) is 4. The summed E-state index contributed by atoms with van der Waals surface area (Å²) in [6, 6.07) is 1.93. The van der Waals surface area contributed by atoms with Gasteiger partial charge in [0.2, 0.25) is 5.76 Å². The second-order valence-corrected chi connectivity index (χ2v) is 4.48. The Morgan fingerprint density at radius 3 is 3.00 bits per heavy atom. The van der Waals surface area contributed by atoms with E-state index in [9.17, 15) is 9.90 Å². The van der Waals surface area contributed by atoms with Crippen molar-refractivity contribution in [3.8, 4) is 0 Å². The molecule has 0 aromatic carbocycles. The summed E-state index contributed by atoms with van der Waals surface area (Å²) in [6.45, 7) is 3.36. The Morgan fingerprint density at radius 2 is 2.41 bits per heavy atom. The topological polar surface area (TPSA) is 73.9 Å². The van der Waals surface area contributed by atoms with Crippen molar-refractivity contribution in [3.05, 3.63) is 23.2 Å². The number of rotatable bonds is 4. The normalized spacial score (nSPS) is 20.9. The molecule has 2 rings (SSSR count). The number of aliphatic hydroxyl groups is 1. The molecule has 94 valence electrons. The summed E-state index contributed by atoms with van der Waals surface area (Å²) in [5.74, 6) is -0.367. The molecule has 1 aromatic rings. The fourth-order valence-corrected chi connectivity index (χ4v) is 2.35. The van der Waals surface area contributed by atoms with Crippen molar-refractivity contribution in [1.29, 1.82) is 0 Å². The lowest BCUT2D eigenvalue weighted by molar-refractivity contribution is 0.0655. The van der Waals surface area contributed by atoms with E-state index < -0.39 is 5.97 Å². The number of nitrogens with zero attached hydrogens (tertiary/aromatic N) is 1. The molecule has 1 fully saturated rings. The van der Waals surface area contributed by atoms with Crippen LogP contribution in [0.3, 0.4) is 0 Å². The van der Waals surface area contributed by atoms with E-state index in [0.29, 0.717) is 17.9 Å². The highest BCUT2D eigenvalue weighted by Gasteiger charge is 2.25. The van der Waals surface area contributed by atoms with Crippen molar-refractivity contribution in [2.45, 2.75) is 32.4 Å². The number of hydrogen-bond donors (Lipinski definition) is 2. The van der Waals surface area contributed by atoms with Crippen molar-refractivity contribution >= 4 is 5.97 Å². The molecule has 2 N–H and O–H groups in total. The van der Waals surface area contributed by atoms with Gasteiger partial charge in [-0.3, -0.25) is 4.90 Å². The third kappa shape index (κ3) is 2.50. The van der Waals surface area contributed by atoms with Gasteiger partial charge in [0.15, 0.2) is 0 Å². The van der Waals surface area contributed by atoms with Gasteiger partial charge in [-0.1, -0.05) is 0 Å². The predicted octanol–water partition coefficient (Wildman–Crippen LogP) is 1.24. The molecule has 0 saturated carbocycles. The van der Waals surface area contributed by atoms with Crippen LogP contribution in [0.25, 0.3) is 0 Å². The summed E-state index contributed by atoms with van der Waals surface area (Å²) in [5, 5.41) is 18.1. The van der Waals surface area contributed by atoms with Crippen LogP contribution < -0.4 is 0 Å². The van der Waals surface area contributed by atoms with Crippen LogP contribution in [0.15, 0.2) is 10.5 Å². The minimum Gasteiger partial charge on any atom is -0.475 e. The number of carboxylic acid groups (broad SMARTS) is 1. The number of carboxylic acids is 1. The first-order valence-corrected chi connectivity index (χ1v) is 5.79. The van der Waals surface area contributed by atoms with E-state index in [2.05, 4.69) is 4.90 Å². The van der Waals surface area contributed by atoms with Crippen LogP contribution in [0, 0.1) is 6.92 Å². The van der Waals surface area contributed by atoms with E-state index in [1.807, 2.05) is 0 Å². The molecule has 0 bridgehead atoms. The Hall–Kier alpha value is -1.33. The molecule has 0 aliphatic carbocycles. The van der Waals surface area contributed by atoms with E-state index >= 15 is 0 Å². The summed E-state index contributed by atoms with van der Waals surface area (Å²) < 4.78 is 5.31. The van der Waals surface area contributed by atoms with Gasteiger partial charge in [0.25, 0.3) is 0 Å². The Morgan fingerprint density at radius 1 is 1.65 bits per heavy atom. The zero-order valence-electron chi connectivity index (χ0n) is 9.85. The molecule has 0 radical (unpaired) electrons. The minimum absolute atomic E-state index is 0.0137. The summed E-state index contributed by atoms with van der Waals surface area (Å²) in [6.07, 6.45) is 2.05. The van der Waals surface area contributed by atoms with Crippen molar-refractivity contribution in [1.82, 2.24) is 4.90 Å². The first-order valence-electron chi connectivity index (χ1n) is 5.79. The lowest BCUT2D eigenvalue weighted by Gasteiger charge is -2.20. The molecular formula is C12H17NO4. The standard InChI is InChI=1S/C12H17NO4/c1-8-5-10(17-11(8)12(15)16)6-13-4-2-3-9(13)7-14/h5,9,14H,2-4,6-7H2,1H3,(H,15,16). The maximum Gasteiger partial charge on any atom is 0.372 e. The van der Waals surface area contributed by atoms with Gasteiger partial charge >= 0.3 is 5.97 Å². The molecule has 1 aliphatic heterocycles. The SMILES string of the molecule is Cc1cc(CN2CCCC2CO)oc1C(=O)O. The van der Waals surface area contributed by atoms with Gasteiger partial charge in [0.05, 0.1) is 13.2 Å². The molecular weight excluding hydrogens is 222 g/mol. The molecule has 1 aromatic heterocycles. The van der Waals surface area contributed by atoms with Crippen LogP contribution in [-0.4, -0.2) is 40.3 Å². The minimum atomic E-state index is -1.03. The third-order valence-electron chi connectivity index (χ3n) is 3.23. The van der Waals surface area contributed by atoms with E-state index in [4.69, 9.17) is 9.52 Å². The molecule has 2 heterocycles. The van der Waals surface area contributed by atoms with Gasteiger partial charge in [-0.05, 0) is 32.4 Å². The molecule has 17 heavy (non-hydrogen) atoms. The molecule has 5 nitrogen and oxygen atoms in total. The van der Waals surface area contributed by atoms with Gasteiger partial charge in [-0.15, -0.1) is 0 Å². The first kappa shape index (κ1) is 12.1. The maximum atomic E-state index is 10.8. The number of aliphatic hydroxyl groups excluding tert-OH is 1. The average molecular weight is 239 g/mol. The molecule has 1 aliphatic rings. The van der Waals surface area contributed by atoms with Crippen LogP contribution in [0.2, 0.25) is 0 Å². The van der Waals surface area contributed by atoms with Crippen LogP contribution in [0.1, 0.15) is 34.7 Å². The number of likely N-dealkylation sites (tertiary alicyclic amines) is 1. The summed E-state index contributed by atoms with van der Waals surface area (Å²) >= 11 is 0. The van der Waals surface area contributed by atoms with Gasteiger partial charge in [-0.2, -0.15) is 0 Å². The zero-order valence-corrected chi connectivity index (χ0v) is 9.85.